The first-order valence-corrected chi connectivity index (χ1v) is 10.3. The lowest BCUT2D eigenvalue weighted by atomic mass is 10.1. The van der Waals surface area contributed by atoms with Crippen molar-refractivity contribution in [1.82, 2.24) is 0 Å². The van der Waals surface area contributed by atoms with E-state index >= 15 is 0 Å². The number of hydrogen-bond donors (Lipinski definition) is 1. The average Bonchev–Trinajstić information content (AvgIpc) is 2.77. The number of amides is 1. The van der Waals surface area contributed by atoms with Crippen LogP contribution in [-0.4, -0.2) is 36.8 Å². The fourth-order valence-electron chi connectivity index (χ4n) is 2.46. The number of ether oxygens (including phenoxy) is 2. The molecule has 0 bridgehead atoms. The number of anilines is 1. The highest BCUT2D eigenvalue weighted by Gasteiger charge is 2.13. The molecule has 8 heteroatoms. The molecule has 2 rings (SSSR count). The molecule has 1 N–H and O–H groups in total. The van der Waals surface area contributed by atoms with Gasteiger partial charge in [0, 0.05) is 22.7 Å². The zero-order valence-corrected chi connectivity index (χ0v) is 17.9. The summed E-state index contributed by atoms with van der Waals surface area (Å²) in [6.07, 6.45) is 1.47. The van der Waals surface area contributed by atoms with Gasteiger partial charge in [0.15, 0.2) is 12.4 Å². The van der Waals surface area contributed by atoms with Crippen molar-refractivity contribution in [2.75, 3.05) is 18.5 Å². The Balaban J connectivity index is 1.71. The van der Waals surface area contributed by atoms with Gasteiger partial charge in [-0.05, 0) is 55.0 Å². The van der Waals surface area contributed by atoms with Gasteiger partial charge in [0.05, 0.1) is 18.6 Å². The van der Waals surface area contributed by atoms with Crippen LogP contribution < -0.4 is 5.32 Å². The molecule has 31 heavy (non-hydrogen) atoms. The first-order valence-electron chi connectivity index (χ1n) is 9.90. The lowest BCUT2D eigenvalue weighted by Crippen LogP contribution is -2.17. The standard InChI is InChI=1S/C23H24ClNO6/c1-2-3-14-30-23(29)17-6-10-19(11-7-17)25-21(27)12-13-22(28)31-15-20(26)16-4-8-18(24)9-5-16/h4-11H,2-3,12-15H2,1H3,(H,25,27). The lowest BCUT2D eigenvalue weighted by molar-refractivity contribution is -0.143. The number of nitrogens with one attached hydrogen (secondary N) is 1. The van der Waals surface area contributed by atoms with Crippen molar-refractivity contribution in [3.05, 3.63) is 64.7 Å². The Bertz CT molecular complexity index is 909. The van der Waals surface area contributed by atoms with E-state index in [0.717, 1.165) is 12.8 Å². The summed E-state index contributed by atoms with van der Waals surface area (Å²) in [5.74, 6) is -1.81. The third-order valence-electron chi connectivity index (χ3n) is 4.22. The molecule has 0 radical (unpaired) electrons. The Morgan fingerprint density at radius 1 is 0.871 bits per heavy atom. The van der Waals surface area contributed by atoms with Crippen molar-refractivity contribution < 1.29 is 28.7 Å². The zero-order valence-electron chi connectivity index (χ0n) is 17.2. The highest BCUT2D eigenvalue weighted by molar-refractivity contribution is 6.30. The molecule has 0 saturated carbocycles. The molecule has 0 aliphatic carbocycles. The van der Waals surface area contributed by atoms with E-state index in [-0.39, 0.29) is 24.5 Å². The average molecular weight is 446 g/mol. The number of rotatable bonds is 11. The summed E-state index contributed by atoms with van der Waals surface area (Å²) < 4.78 is 10.0. The first-order chi connectivity index (χ1) is 14.9. The van der Waals surface area contributed by atoms with Gasteiger partial charge in [-0.15, -0.1) is 0 Å². The molecule has 0 atom stereocenters. The number of esters is 2. The van der Waals surface area contributed by atoms with E-state index in [0.29, 0.717) is 28.4 Å². The monoisotopic (exact) mass is 445 g/mol. The minimum atomic E-state index is -0.650. The maximum absolute atomic E-state index is 12.0. The second-order valence-corrected chi connectivity index (χ2v) is 7.14. The fraction of sp³-hybridized carbons (Fsp3) is 0.304. The molecule has 0 aromatic heterocycles. The third-order valence-corrected chi connectivity index (χ3v) is 4.47. The van der Waals surface area contributed by atoms with E-state index < -0.39 is 18.5 Å². The van der Waals surface area contributed by atoms with Gasteiger partial charge in [0.25, 0.3) is 0 Å². The molecule has 1 amide bonds. The van der Waals surface area contributed by atoms with Crippen molar-refractivity contribution in [1.29, 1.82) is 0 Å². The Morgan fingerprint density at radius 2 is 1.52 bits per heavy atom. The van der Waals surface area contributed by atoms with E-state index in [9.17, 15) is 19.2 Å². The van der Waals surface area contributed by atoms with Crippen molar-refractivity contribution >= 4 is 40.9 Å². The van der Waals surface area contributed by atoms with E-state index in [2.05, 4.69) is 5.32 Å². The number of benzene rings is 2. The Hall–Kier alpha value is -3.19. The summed E-state index contributed by atoms with van der Waals surface area (Å²) in [4.78, 5) is 47.6. The molecular formula is C23H24ClNO6. The molecule has 0 spiro atoms. The topological polar surface area (TPSA) is 98.8 Å². The molecule has 0 saturated heterocycles. The molecule has 2 aromatic rings. The van der Waals surface area contributed by atoms with Gasteiger partial charge in [0.1, 0.15) is 0 Å². The van der Waals surface area contributed by atoms with Gasteiger partial charge >= 0.3 is 11.9 Å². The second kappa shape index (κ2) is 12.5. The maximum atomic E-state index is 12.0. The molecule has 0 fully saturated rings. The third kappa shape index (κ3) is 8.60. The number of halogens is 1. The number of carbonyl (C=O) groups is 4. The van der Waals surface area contributed by atoms with Crippen LogP contribution in [0.2, 0.25) is 5.02 Å². The number of Topliss-reactive ketones (excluding diaryl/α,β-unsaturated/α-hetero) is 1. The Kier molecular flexibility index (Phi) is 9.71. The highest BCUT2D eigenvalue weighted by atomic mass is 35.5. The van der Waals surface area contributed by atoms with Gasteiger partial charge < -0.3 is 14.8 Å². The van der Waals surface area contributed by atoms with Crippen LogP contribution in [0.25, 0.3) is 0 Å². The minimum absolute atomic E-state index is 0.102. The summed E-state index contributed by atoms with van der Waals surface area (Å²) in [6.45, 7) is 1.97. The lowest BCUT2D eigenvalue weighted by Gasteiger charge is -2.07. The summed E-state index contributed by atoms with van der Waals surface area (Å²) in [5, 5.41) is 3.13. The largest absolute Gasteiger partial charge is 0.462 e. The SMILES string of the molecule is CCCCOC(=O)c1ccc(NC(=O)CCC(=O)OCC(=O)c2ccc(Cl)cc2)cc1. The fourth-order valence-corrected chi connectivity index (χ4v) is 2.58. The van der Waals surface area contributed by atoms with E-state index in [1.54, 1.807) is 48.5 Å². The Labute approximate surface area is 185 Å². The molecule has 0 unspecified atom stereocenters. The molecule has 0 aliphatic rings. The normalized spacial score (nSPS) is 10.3. The smallest absolute Gasteiger partial charge is 0.338 e. The van der Waals surface area contributed by atoms with Gasteiger partial charge in [-0.2, -0.15) is 0 Å². The van der Waals surface area contributed by atoms with Gasteiger partial charge in [0.2, 0.25) is 5.91 Å². The van der Waals surface area contributed by atoms with Gasteiger partial charge in [-0.1, -0.05) is 24.9 Å². The minimum Gasteiger partial charge on any atom is -0.462 e. The first kappa shape index (κ1) is 24.1. The number of hydrogen-bond acceptors (Lipinski definition) is 6. The van der Waals surface area contributed by atoms with Crippen LogP contribution in [0, 0.1) is 0 Å². The van der Waals surface area contributed by atoms with Crippen LogP contribution in [0.3, 0.4) is 0 Å². The molecule has 164 valence electrons. The molecular weight excluding hydrogens is 422 g/mol. The number of unbranched alkanes of at least 4 members (excludes halogenated alkanes) is 1. The van der Waals surface area contributed by atoms with Crippen molar-refractivity contribution in [2.45, 2.75) is 32.6 Å². The predicted molar refractivity (Wildman–Crippen MR) is 116 cm³/mol. The Morgan fingerprint density at radius 3 is 2.16 bits per heavy atom. The summed E-state index contributed by atoms with van der Waals surface area (Å²) in [6, 6.07) is 12.5. The second-order valence-electron chi connectivity index (χ2n) is 6.71. The van der Waals surface area contributed by atoms with Gasteiger partial charge in [-0.3, -0.25) is 14.4 Å². The maximum Gasteiger partial charge on any atom is 0.338 e. The molecule has 0 heterocycles. The van der Waals surface area contributed by atoms with E-state index in [4.69, 9.17) is 21.1 Å². The van der Waals surface area contributed by atoms with Crippen LogP contribution in [0.15, 0.2) is 48.5 Å². The molecule has 0 aliphatic heterocycles. The summed E-state index contributed by atoms with van der Waals surface area (Å²) in [7, 11) is 0. The van der Waals surface area contributed by atoms with Crippen LogP contribution >= 0.6 is 11.6 Å². The van der Waals surface area contributed by atoms with E-state index in [1.165, 1.54) is 0 Å². The highest BCUT2D eigenvalue weighted by Crippen LogP contribution is 2.12. The van der Waals surface area contributed by atoms with Crippen molar-refractivity contribution in [3.8, 4) is 0 Å². The van der Waals surface area contributed by atoms with Crippen LogP contribution in [-0.2, 0) is 19.1 Å². The van der Waals surface area contributed by atoms with E-state index in [1.807, 2.05) is 6.92 Å². The summed E-state index contributed by atoms with van der Waals surface area (Å²) >= 11 is 5.76. The summed E-state index contributed by atoms with van der Waals surface area (Å²) in [5.41, 5.74) is 1.26. The molecule has 2 aromatic carbocycles. The van der Waals surface area contributed by atoms with Gasteiger partial charge in [-0.25, -0.2) is 4.79 Å². The van der Waals surface area contributed by atoms with Crippen LogP contribution in [0.4, 0.5) is 5.69 Å². The van der Waals surface area contributed by atoms with Crippen molar-refractivity contribution in [2.24, 2.45) is 0 Å². The number of carbonyl (C=O) groups excluding carboxylic acids is 4. The number of ketones is 1. The predicted octanol–water partition coefficient (Wildman–Crippen LogP) is 4.44. The van der Waals surface area contributed by atoms with Crippen LogP contribution in [0.5, 0.6) is 0 Å². The van der Waals surface area contributed by atoms with Crippen LogP contribution in [0.1, 0.15) is 53.3 Å². The molecule has 7 nitrogen and oxygen atoms in total. The quantitative estimate of drug-likeness (QED) is 0.312. The van der Waals surface area contributed by atoms with Crippen molar-refractivity contribution in [3.63, 3.8) is 0 Å². The zero-order chi connectivity index (χ0) is 22.6.